The molecule has 0 fully saturated rings. The van der Waals surface area contributed by atoms with E-state index in [0.717, 1.165) is 13.1 Å². The van der Waals surface area contributed by atoms with Crippen LogP contribution in [0.2, 0.25) is 0 Å². The Balaban J connectivity index is 2.10. The summed E-state index contributed by atoms with van der Waals surface area (Å²) >= 11 is 0. The van der Waals surface area contributed by atoms with Crippen LogP contribution in [-0.2, 0) is 11.3 Å². The van der Waals surface area contributed by atoms with Crippen molar-refractivity contribution in [2.75, 3.05) is 13.1 Å². The third-order valence-corrected chi connectivity index (χ3v) is 3.22. The summed E-state index contributed by atoms with van der Waals surface area (Å²) in [5.41, 5.74) is 2.41. The van der Waals surface area contributed by atoms with Gasteiger partial charge in [0.05, 0.1) is 0 Å². The van der Waals surface area contributed by atoms with Crippen molar-refractivity contribution in [2.24, 2.45) is 0 Å². The summed E-state index contributed by atoms with van der Waals surface area (Å²) in [4.78, 5) is 11.7. The lowest BCUT2D eigenvalue weighted by Crippen LogP contribution is -2.27. The molecule has 1 rings (SSSR count). The molecule has 0 aliphatic heterocycles. The Morgan fingerprint density at radius 2 is 1.95 bits per heavy atom. The van der Waals surface area contributed by atoms with Gasteiger partial charge in [0.2, 0.25) is 5.91 Å². The Bertz CT molecular complexity index is 377. The smallest absolute Gasteiger partial charge is 0.221 e. The van der Waals surface area contributed by atoms with Gasteiger partial charge in [-0.05, 0) is 31.0 Å². The molecule has 0 unspecified atom stereocenters. The van der Waals surface area contributed by atoms with E-state index in [4.69, 9.17) is 0 Å². The van der Waals surface area contributed by atoms with Crippen molar-refractivity contribution < 1.29 is 4.79 Å². The summed E-state index contributed by atoms with van der Waals surface area (Å²) in [6.45, 7) is 6.67. The van der Waals surface area contributed by atoms with Crippen LogP contribution >= 0.6 is 0 Å². The fraction of sp³-hybridized carbons (Fsp3) is 0.562. The fourth-order valence-corrected chi connectivity index (χ4v) is 1.92. The molecule has 3 nitrogen and oxygen atoms in total. The average Bonchev–Trinajstić information content (AvgIpc) is 2.42. The lowest BCUT2D eigenvalue weighted by atomic mass is 10.1. The molecule has 3 heteroatoms. The summed E-state index contributed by atoms with van der Waals surface area (Å²) in [7, 11) is 0. The standard InChI is InChI=1S/C16H26N2O/c1-3-4-7-11-17-12-10-16(19)18-13-15-9-6-5-8-14(15)2/h5-6,8-9,17H,3-4,7,10-13H2,1-2H3,(H,18,19). The van der Waals surface area contributed by atoms with E-state index in [2.05, 4.69) is 36.6 Å². The lowest BCUT2D eigenvalue weighted by molar-refractivity contribution is -0.121. The van der Waals surface area contributed by atoms with Gasteiger partial charge < -0.3 is 10.6 Å². The number of carbonyl (C=O) groups is 1. The number of nitrogens with one attached hydrogen (secondary N) is 2. The van der Waals surface area contributed by atoms with E-state index >= 15 is 0 Å². The minimum atomic E-state index is 0.117. The molecule has 0 atom stereocenters. The number of amides is 1. The van der Waals surface area contributed by atoms with E-state index in [-0.39, 0.29) is 5.91 Å². The summed E-state index contributed by atoms with van der Waals surface area (Å²) < 4.78 is 0. The molecule has 106 valence electrons. The molecule has 1 aromatic rings. The zero-order chi connectivity index (χ0) is 13.9. The van der Waals surface area contributed by atoms with Gasteiger partial charge in [-0.25, -0.2) is 0 Å². The van der Waals surface area contributed by atoms with Crippen molar-refractivity contribution in [1.29, 1.82) is 0 Å². The number of benzene rings is 1. The quantitative estimate of drug-likeness (QED) is 0.672. The Labute approximate surface area is 116 Å². The topological polar surface area (TPSA) is 41.1 Å². The van der Waals surface area contributed by atoms with Crippen molar-refractivity contribution in [3.8, 4) is 0 Å². The van der Waals surface area contributed by atoms with Gasteiger partial charge in [-0.15, -0.1) is 0 Å². The van der Waals surface area contributed by atoms with Crippen molar-refractivity contribution in [2.45, 2.75) is 46.1 Å². The van der Waals surface area contributed by atoms with E-state index in [1.165, 1.54) is 30.4 Å². The number of unbranched alkanes of at least 4 members (excludes halogenated alkanes) is 2. The summed E-state index contributed by atoms with van der Waals surface area (Å²) in [6, 6.07) is 8.14. The lowest BCUT2D eigenvalue weighted by Gasteiger charge is -2.08. The van der Waals surface area contributed by atoms with Crippen LogP contribution in [0.1, 0.15) is 43.7 Å². The second-order valence-corrected chi connectivity index (χ2v) is 4.91. The van der Waals surface area contributed by atoms with E-state index < -0.39 is 0 Å². The predicted molar refractivity (Wildman–Crippen MR) is 80.0 cm³/mol. The highest BCUT2D eigenvalue weighted by Gasteiger charge is 2.02. The minimum absolute atomic E-state index is 0.117. The number of rotatable bonds is 9. The normalized spacial score (nSPS) is 10.4. The number of aryl methyl sites for hydroxylation is 1. The zero-order valence-corrected chi connectivity index (χ0v) is 12.2. The first-order valence-electron chi connectivity index (χ1n) is 7.26. The zero-order valence-electron chi connectivity index (χ0n) is 12.2. The van der Waals surface area contributed by atoms with Crippen LogP contribution < -0.4 is 10.6 Å². The van der Waals surface area contributed by atoms with Gasteiger partial charge >= 0.3 is 0 Å². The first-order chi connectivity index (χ1) is 9.24. The van der Waals surface area contributed by atoms with Crippen LogP contribution in [0.25, 0.3) is 0 Å². The van der Waals surface area contributed by atoms with E-state index in [0.29, 0.717) is 13.0 Å². The first-order valence-corrected chi connectivity index (χ1v) is 7.26. The molecule has 0 saturated heterocycles. The SMILES string of the molecule is CCCCCNCCC(=O)NCc1ccccc1C. The molecule has 0 radical (unpaired) electrons. The molecule has 0 aliphatic rings. The van der Waals surface area contributed by atoms with Crippen LogP contribution in [0.15, 0.2) is 24.3 Å². The van der Waals surface area contributed by atoms with Crippen LogP contribution in [0, 0.1) is 6.92 Å². The maximum Gasteiger partial charge on any atom is 0.221 e. The summed E-state index contributed by atoms with van der Waals surface area (Å²) in [6.07, 6.45) is 4.24. The van der Waals surface area contributed by atoms with Gasteiger partial charge in [-0.2, -0.15) is 0 Å². The maximum absolute atomic E-state index is 11.7. The number of hydrogen-bond acceptors (Lipinski definition) is 2. The molecule has 0 bridgehead atoms. The van der Waals surface area contributed by atoms with Gasteiger partial charge in [-0.3, -0.25) is 4.79 Å². The van der Waals surface area contributed by atoms with Gasteiger partial charge in [0.1, 0.15) is 0 Å². The number of hydrogen-bond donors (Lipinski definition) is 2. The van der Waals surface area contributed by atoms with Gasteiger partial charge in [0, 0.05) is 19.5 Å². The van der Waals surface area contributed by atoms with Crippen molar-refractivity contribution >= 4 is 5.91 Å². The molecule has 1 aromatic carbocycles. The van der Waals surface area contributed by atoms with Gasteiger partial charge in [-0.1, -0.05) is 44.0 Å². The third-order valence-electron chi connectivity index (χ3n) is 3.22. The molecule has 0 aliphatic carbocycles. The van der Waals surface area contributed by atoms with Crippen LogP contribution in [0.3, 0.4) is 0 Å². The monoisotopic (exact) mass is 262 g/mol. The van der Waals surface area contributed by atoms with Crippen molar-refractivity contribution in [1.82, 2.24) is 10.6 Å². The molecule has 1 amide bonds. The molecule has 0 saturated carbocycles. The third kappa shape index (κ3) is 6.97. The molecule has 2 N–H and O–H groups in total. The van der Waals surface area contributed by atoms with Gasteiger partial charge in [0.25, 0.3) is 0 Å². The van der Waals surface area contributed by atoms with E-state index in [1.807, 2.05) is 12.1 Å². The van der Waals surface area contributed by atoms with Gasteiger partial charge in [0.15, 0.2) is 0 Å². The molecular weight excluding hydrogens is 236 g/mol. The number of carbonyl (C=O) groups excluding carboxylic acids is 1. The first kappa shape index (κ1) is 15.7. The summed E-state index contributed by atoms with van der Waals surface area (Å²) in [5.74, 6) is 0.117. The van der Waals surface area contributed by atoms with Crippen LogP contribution in [0.4, 0.5) is 0 Å². The maximum atomic E-state index is 11.7. The predicted octanol–water partition coefficient (Wildman–Crippen LogP) is 2.78. The highest BCUT2D eigenvalue weighted by molar-refractivity contribution is 5.76. The highest BCUT2D eigenvalue weighted by atomic mass is 16.1. The molecule has 0 aromatic heterocycles. The van der Waals surface area contributed by atoms with Crippen LogP contribution in [0.5, 0.6) is 0 Å². The molecular formula is C16H26N2O. The van der Waals surface area contributed by atoms with Crippen LogP contribution in [-0.4, -0.2) is 19.0 Å². The Morgan fingerprint density at radius 1 is 1.16 bits per heavy atom. The fourth-order valence-electron chi connectivity index (χ4n) is 1.92. The van der Waals surface area contributed by atoms with Crippen molar-refractivity contribution in [3.05, 3.63) is 35.4 Å². The van der Waals surface area contributed by atoms with E-state index in [9.17, 15) is 4.79 Å². The minimum Gasteiger partial charge on any atom is -0.352 e. The average molecular weight is 262 g/mol. The Hall–Kier alpha value is -1.35. The Kier molecular flexibility index (Phi) is 7.91. The summed E-state index contributed by atoms with van der Waals surface area (Å²) in [5, 5.41) is 6.26. The largest absolute Gasteiger partial charge is 0.352 e. The molecule has 0 heterocycles. The van der Waals surface area contributed by atoms with E-state index in [1.54, 1.807) is 0 Å². The molecule has 0 spiro atoms. The van der Waals surface area contributed by atoms with Crippen molar-refractivity contribution in [3.63, 3.8) is 0 Å². The second-order valence-electron chi connectivity index (χ2n) is 4.91. The molecule has 19 heavy (non-hydrogen) atoms. The highest BCUT2D eigenvalue weighted by Crippen LogP contribution is 2.05. The Morgan fingerprint density at radius 3 is 2.68 bits per heavy atom. The second kappa shape index (κ2) is 9.56.